The summed E-state index contributed by atoms with van der Waals surface area (Å²) in [6, 6.07) is 3.95. The quantitative estimate of drug-likeness (QED) is 0.517. The van der Waals surface area contributed by atoms with Crippen LogP contribution in [0.25, 0.3) is 10.2 Å². The van der Waals surface area contributed by atoms with Gasteiger partial charge in [-0.1, -0.05) is 17.8 Å². The SMILES string of the molecule is O=C(CSc1nc2sc3c(c2c(=O)[nH]1)CCCC3)NCc1cccs1. The molecule has 0 aromatic carbocycles. The molecule has 3 aromatic rings. The van der Waals surface area contributed by atoms with Crippen LogP contribution in [0.1, 0.15) is 28.2 Å². The molecule has 8 heteroatoms. The second-order valence-corrected chi connectivity index (χ2v) is 8.99. The Kier molecular flexibility index (Phi) is 4.91. The standard InChI is InChI=1S/C17H17N3O2S3/c21-13(18-8-10-4-3-7-23-10)9-24-17-19-15(22)14-11-5-1-2-6-12(11)25-16(14)20-17/h3-4,7H,1-2,5-6,8-9H2,(H,18,21)(H,19,20,22). The van der Waals surface area contributed by atoms with Crippen LogP contribution in [0.5, 0.6) is 0 Å². The van der Waals surface area contributed by atoms with E-state index in [1.54, 1.807) is 22.7 Å². The number of thiophene rings is 2. The number of thioether (sulfide) groups is 1. The molecule has 0 spiro atoms. The largest absolute Gasteiger partial charge is 0.350 e. The second kappa shape index (κ2) is 7.31. The number of nitrogens with one attached hydrogen (secondary N) is 2. The van der Waals surface area contributed by atoms with Crippen LogP contribution in [-0.4, -0.2) is 21.6 Å². The zero-order chi connectivity index (χ0) is 17.2. The Morgan fingerprint density at radius 3 is 3.08 bits per heavy atom. The van der Waals surface area contributed by atoms with E-state index < -0.39 is 0 Å². The van der Waals surface area contributed by atoms with Crippen molar-refractivity contribution in [3.8, 4) is 0 Å². The number of carbonyl (C=O) groups excluding carboxylic acids is 1. The van der Waals surface area contributed by atoms with Crippen molar-refractivity contribution < 1.29 is 4.79 Å². The lowest BCUT2D eigenvalue weighted by Gasteiger charge is -2.09. The fourth-order valence-electron chi connectivity index (χ4n) is 3.00. The summed E-state index contributed by atoms with van der Waals surface area (Å²) in [6.45, 7) is 0.539. The summed E-state index contributed by atoms with van der Waals surface area (Å²) in [5.74, 6) is 0.178. The van der Waals surface area contributed by atoms with Gasteiger partial charge in [-0.2, -0.15) is 0 Å². The topological polar surface area (TPSA) is 74.8 Å². The van der Waals surface area contributed by atoms with E-state index in [9.17, 15) is 9.59 Å². The summed E-state index contributed by atoms with van der Waals surface area (Å²) >= 11 is 4.51. The van der Waals surface area contributed by atoms with Crippen LogP contribution < -0.4 is 10.9 Å². The Bertz CT molecular complexity index is 960. The molecular formula is C17H17N3O2S3. The lowest BCUT2D eigenvalue weighted by Crippen LogP contribution is -2.24. The maximum Gasteiger partial charge on any atom is 0.260 e. The molecule has 0 bridgehead atoms. The first-order valence-corrected chi connectivity index (χ1v) is 10.9. The smallest absolute Gasteiger partial charge is 0.260 e. The number of nitrogens with zero attached hydrogens (tertiary/aromatic N) is 1. The maximum atomic E-state index is 12.5. The highest BCUT2D eigenvalue weighted by atomic mass is 32.2. The Morgan fingerprint density at radius 2 is 2.24 bits per heavy atom. The van der Waals surface area contributed by atoms with Gasteiger partial charge in [0, 0.05) is 9.75 Å². The maximum absolute atomic E-state index is 12.5. The van der Waals surface area contributed by atoms with Crippen LogP contribution in [-0.2, 0) is 24.2 Å². The Labute approximate surface area is 156 Å². The van der Waals surface area contributed by atoms with Gasteiger partial charge in [0.2, 0.25) is 5.91 Å². The van der Waals surface area contributed by atoms with Crippen molar-refractivity contribution in [1.82, 2.24) is 15.3 Å². The number of amides is 1. The van der Waals surface area contributed by atoms with E-state index in [0.29, 0.717) is 11.7 Å². The van der Waals surface area contributed by atoms with Crippen LogP contribution in [0.2, 0.25) is 0 Å². The number of rotatable bonds is 5. The summed E-state index contributed by atoms with van der Waals surface area (Å²) in [6.07, 6.45) is 4.34. The van der Waals surface area contributed by atoms with E-state index in [0.717, 1.165) is 34.4 Å². The van der Waals surface area contributed by atoms with Crippen molar-refractivity contribution in [2.45, 2.75) is 37.4 Å². The van der Waals surface area contributed by atoms with Crippen LogP contribution in [0.15, 0.2) is 27.5 Å². The van der Waals surface area contributed by atoms with Gasteiger partial charge in [-0.15, -0.1) is 22.7 Å². The summed E-state index contributed by atoms with van der Waals surface area (Å²) in [5.41, 5.74) is 1.11. The van der Waals surface area contributed by atoms with Gasteiger partial charge < -0.3 is 10.3 Å². The molecule has 4 rings (SSSR count). The third kappa shape index (κ3) is 3.65. The zero-order valence-corrected chi connectivity index (χ0v) is 15.9. The van der Waals surface area contributed by atoms with Crippen molar-refractivity contribution in [3.05, 3.63) is 43.2 Å². The van der Waals surface area contributed by atoms with Crippen molar-refractivity contribution in [3.63, 3.8) is 0 Å². The van der Waals surface area contributed by atoms with Crippen molar-refractivity contribution in [1.29, 1.82) is 0 Å². The molecule has 3 heterocycles. The molecule has 5 nitrogen and oxygen atoms in total. The Hall–Kier alpha value is -1.64. The van der Waals surface area contributed by atoms with E-state index in [-0.39, 0.29) is 17.2 Å². The molecule has 3 aromatic heterocycles. The van der Waals surface area contributed by atoms with Crippen LogP contribution in [0.4, 0.5) is 0 Å². The number of H-pyrrole nitrogens is 1. The highest BCUT2D eigenvalue weighted by molar-refractivity contribution is 7.99. The molecule has 1 aliphatic rings. The highest BCUT2D eigenvalue weighted by Crippen LogP contribution is 2.34. The number of aromatic nitrogens is 2. The lowest BCUT2D eigenvalue weighted by atomic mass is 9.97. The molecule has 25 heavy (non-hydrogen) atoms. The number of carbonyl (C=O) groups is 1. The first-order chi connectivity index (χ1) is 12.2. The molecule has 0 radical (unpaired) electrons. The van der Waals surface area contributed by atoms with Crippen LogP contribution in [0, 0.1) is 0 Å². The van der Waals surface area contributed by atoms with E-state index in [2.05, 4.69) is 15.3 Å². The first kappa shape index (κ1) is 16.8. The fourth-order valence-corrected chi connectivity index (χ4v) is 5.65. The van der Waals surface area contributed by atoms with E-state index in [1.165, 1.54) is 28.6 Å². The molecule has 0 atom stereocenters. The van der Waals surface area contributed by atoms with Gasteiger partial charge in [0.15, 0.2) is 5.16 Å². The average Bonchev–Trinajstić information content (AvgIpc) is 3.25. The van der Waals surface area contributed by atoms with Gasteiger partial charge in [-0.3, -0.25) is 9.59 Å². The summed E-state index contributed by atoms with van der Waals surface area (Å²) < 4.78 is 0. The van der Waals surface area contributed by atoms with Gasteiger partial charge in [0.05, 0.1) is 17.7 Å². The van der Waals surface area contributed by atoms with Gasteiger partial charge in [0.1, 0.15) is 4.83 Å². The monoisotopic (exact) mass is 391 g/mol. The van der Waals surface area contributed by atoms with E-state index in [4.69, 9.17) is 0 Å². The molecule has 130 valence electrons. The zero-order valence-electron chi connectivity index (χ0n) is 13.5. The fraction of sp³-hybridized carbons (Fsp3) is 0.353. The number of aromatic amines is 1. The molecule has 0 unspecified atom stereocenters. The van der Waals surface area contributed by atoms with Crippen molar-refractivity contribution in [2.24, 2.45) is 0 Å². The van der Waals surface area contributed by atoms with Gasteiger partial charge >= 0.3 is 0 Å². The Balaban J connectivity index is 1.45. The number of hydrogen-bond acceptors (Lipinski definition) is 6. The third-order valence-corrected chi connectivity index (χ3v) is 7.12. The van der Waals surface area contributed by atoms with E-state index in [1.807, 2.05) is 17.5 Å². The molecular weight excluding hydrogens is 374 g/mol. The number of aryl methyl sites for hydroxylation is 2. The average molecular weight is 392 g/mol. The van der Waals surface area contributed by atoms with Gasteiger partial charge in [0.25, 0.3) is 5.56 Å². The minimum absolute atomic E-state index is 0.0633. The first-order valence-electron chi connectivity index (χ1n) is 8.17. The third-order valence-electron chi connectivity index (χ3n) is 4.18. The molecule has 0 saturated heterocycles. The van der Waals surface area contributed by atoms with Crippen molar-refractivity contribution >= 4 is 50.6 Å². The van der Waals surface area contributed by atoms with Crippen LogP contribution in [0.3, 0.4) is 0 Å². The normalized spacial score (nSPS) is 13.8. The predicted molar refractivity (Wildman–Crippen MR) is 104 cm³/mol. The Morgan fingerprint density at radius 1 is 1.36 bits per heavy atom. The molecule has 0 aliphatic heterocycles. The van der Waals surface area contributed by atoms with E-state index >= 15 is 0 Å². The van der Waals surface area contributed by atoms with Crippen LogP contribution >= 0.6 is 34.4 Å². The summed E-state index contributed by atoms with van der Waals surface area (Å²) in [7, 11) is 0. The predicted octanol–water partition coefficient (Wildman–Crippen LogP) is 3.33. The minimum Gasteiger partial charge on any atom is -0.350 e. The molecule has 0 fully saturated rings. The summed E-state index contributed by atoms with van der Waals surface area (Å²) in [5, 5.41) is 6.14. The lowest BCUT2D eigenvalue weighted by molar-refractivity contribution is -0.118. The van der Waals surface area contributed by atoms with Crippen molar-refractivity contribution in [2.75, 3.05) is 5.75 Å². The number of hydrogen-bond donors (Lipinski definition) is 2. The molecule has 2 N–H and O–H groups in total. The summed E-state index contributed by atoms with van der Waals surface area (Å²) in [4.78, 5) is 35.1. The molecule has 0 saturated carbocycles. The molecule has 1 amide bonds. The molecule has 1 aliphatic carbocycles. The minimum atomic E-state index is -0.0779. The van der Waals surface area contributed by atoms with Gasteiger partial charge in [-0.25, -0.2) is 4.98 Å². The number of fused-ring (bicyclic) bond motifs is 3. The van der Waals surface area contributed by atoms with Gasteiger partial charge in [-0.05, 0) is 42.7 Å². The second-order valence-electron chi connectivity index (χ2n) is 5.91. The highest BCUT2D eigenvalue weighted by Gasteiger charge is 2.20.